The van der Waals surface area contributed by atoms with Gasteiger partial charge in [0.1, 0.15) is 0 Å². The van der Waals surface area contributed by atoms with Crippen LogP contribution in [0.15, 0.2) is 6.20 Å². The highest BCUT2D eigenvalue weighted by Gasteiger charge is 2.52. The van der Waals surface area contributed by atoms with Gasteiger partial charge in [-0.3, -0.25) is 4.79 Å². The first-order chi connectivity index (χ1) is 11.4. The molecular weight excluding hydrogens is 306 g/mol. The van der Waals surface area contributed by atoms with Crippen molar-refractivity contribution in [2.24, 2.45) is 5.41 Å². The van der Waals surface area contributed by atoms with Gasteiger partial charge in [-0.05, 0) is 39.3 Å². The van der Waals surface area contributed by atoms with Crippen LogP contribution in [0.25, 0.3) is 0 Å². The second-order valence-electron chi connectivity index (χ2n) is 7.50. The number of ether oxygens (including phenoxy) is 1. The van der Waals surface area contributed by atoms with E-state index in [4.69, 9.17) is 4.74 Å². The molecule has 1 saturated heterocycles. The molecule has 2 fully saturated rings. The summed E-state index contributed by atoms with van der Waals surface area (Å²) in [6, 6.07) is 0.513. The van der Waals surface area contributed by atoms with Crippen molar-refractivity contribution in [2.45, 2.75) is 58.2 Å². The van der Waals surface area contributed by atoms with Crippen LogP contribution in [-0.2, 0) is 4.74 Å². The Morgan fingerprint density at radius 3 is 2.79 bits per heavy atom. The first kappa shape index (κ1) is 17.4. The summed E-state index contributed by atoms with van der Waals surface area (Å²) in [6.45, 7) is 9.03. The quantitative estimate of drug-likeness (QED) is 0.882. The maximum absolute atomic E-state index is 12.8. The Labute approximate surface area is 143 Å². The first-order valence-corrected chi connectivity index (χ1v) is 8.96. The molecule has 2 atom stereocenters. The molecule has 3 rings (SSSR count). The third kappa shape index (κ3) is 3.07. The molecule has 2 aliphatic rings. The number of rotatable bonds is 5. The Balaban J connectivity index is 1.65. The molecule has 1 aliphatic carbocycles. The van der Waals surface area contributed by atoms with Crippen LogP contribution in [0.4, 0.5) is 0 Å². The van der Waals surface area contributed by atoms with Gasteiger partial charge in [-0.2, -0.15) is 0 Å². The normalized spacial score (nSPS) is 26.8. The minimum atomic E-state index is -0.0526. The fourth-order valence-corrected chi connectivity index (χ4v) is 3.95. The second-order valence-corrected chi connectivity index (χ2v) is 7.50. The van der Waals surface area contributed by atoms with Gasteiger partial charge in [-0.1, -0.05) is 19.1 Å². The maximum Gasteiger partial charge on any atom is 0.276 e. The van der Waals surface area contributed by atoms with Gasteiger partial charge in [-0.15, -0.1) is 5.10 Å². The average molecular weight is 335 g/mol. The van der Waals surface area contributed by atoms with Crippen LogP contribution in [0.3, 0.4) is 0 Å². The highest BCUT2D eigenvalue weighted by atomic mass is 16.5. The van der Waals surface area contributed by atoms with Crippen molar-refractivity contribution in [1.82, 2.24) is 25.2 Å². The zero-order valence-electron chi connectivity index (χ0n) is 15.2. The van der Waals surface area contributed by atoms with Crippen molar-refractivity contribution in [3.63, 3.8) is 0 Å². The van der Waals surface area contributed by atoms with E-state index in [1.807, 2.05) is 23.6 Å². The zero-order valence-corrected chi connectivity index (χ0v) is 15.2. The van der Waals surface area contributed by atoms with Gasteiger partial charge in [0.05, 0.1) is 18.3 Å². The molecule has 0 bridgehead atoms. The third-order valence-electron chi connectivity index (χ3n) is 5.69. The monoisotopic (exact) mass is 335 g/mol. The molecule has 0 unspecified atom stereocenters. The average Bonchev–Trinajstić information content (AvgIpc) is 3.08. The number of piperidine rings is 1. The van der Waals surface area contributed by atoms with Crippen LogP contribution in [0, 0.1) is 5.41 Å². The number of hydrogen-bond acceptors (Lipinski definition) is 5. The van der Waals surface area contributed by atoms with Crippen LogP contribution >= 0.6 is 0 Å². The van der Waals surface area contributed by atoms with E-state index in [0.717, 1.165) is 32.4 Å². The third-order valence-corrected chi connectivity index (χ3v) is 5.69. The summed E-state index contributed by atoms with van der Waals surface area (Å²) in [5.41, 5.74) is 0.400. The van der Waals surface area contributed by atoms with E-state index in [1.165, 1.54) is 0 Å². The Morgan fingerprint density at radius 2 is 2.17 bits per heavy atom. The summed E-state index contributed by atoms with van der Waals surface area (Å²) >= 11 is 0. The van der Waals surface area contributed by atoms with Crippen molar-refractivity contribution < 1.29 is 9.53 Å². The maximum atomic E-state index is 12.8. The molecule has 7 heteroatoms. The van der Waals surface area contributed by atoms with Crippen molar-refractivity contribution in [1.29, 1.82) is 0 Å². The molecule has 7 nitrogen and oxygen atoms in total. The highest BCUT2D eigenvalue weighted by Crippen LogP contribution is 2.45. The number of carbonyl (C=O) groups is 1. The minimum Gasteiger partial charge on any atom is -0.378 e. The zero-order chi connectivity index (χ0) is 17.3. The van der Waals surface area contributed by atoms with E-state index in [2.05, 4.69) is 29.5 Å². The predicted octanol–water partition coefficient (Wildman–Crippen LogP) is 1.48. The molecule has 1 aliphatic heterocycles. The van der Waals surface area contributed by atoms with Gasteiger partial charge in [0.2, 0.25) is 0 Å². The molecule has 1 N–H and O–H groups in total. The van der Waals surface area contributed by atoms with Crippen LogP contribution in [0.2, 0.25) is 0 Å². The summed E-state index contributed by atoms with van der Waals surface area (Å²) in [4.78, 5) is 14.6. The number of carbonyl (C=O) groups excluding carboxylic acids is 1. The molecule has 2 heterocycles. The molecule has 1 saturated carbocycles. The van der Waals surface area contributed by atoms with Crippen LogP contribution < -0.4 is 5.32 Å². The largest absolute Gasteiger partial charge is 0.378 e. The van der Waals surface area contributed by atoms with Gasteiger partial charge in [0, 0.05) is 25.1 Å². The fraction of sp³-hybridized carbons (Fsp3) is 0.824. The van der Waals surface area contributed by atoms with Crippen molar-refractivity contribution in [2.75, 3.05) is 26.7 Å². The van der Waals surface area contributed by atoms with Gasteiger partial charge >= 0.3 is 0 Å². The molecule has 1 aromatic heterocycles. The first-order valence-electron chi connectivity index (χ1n) is 8.96. The van der Waals surface area contributed by atoms with Gasteiger partial charge in [-0.25, -0.2) is 4.68 Å². The Morgan fingerprint density at radius 1 is 1.46 bits per heavy atom. The summed E-state index contributed by atoms with van der Waals surface area (Å²) in [7, 11) is 1.86. The molecule has 134 valence electrons. The summed E-state index contributed by atoms with van der Waals surface area (Å²) < 4.78 is 7.62. The topological polar surface area (TPSA) is 72.3 Å². The molecule has 1 amide bonds. The van der Waals surface area contributed by atoms with Crippen molar-refractivity contribution in [3.05, 3.63) is 11.9 Å². The number of aromatic nitrogens is 3. The van der Waals surface area contributed by atoms with E-state index in [0.29, 0.717) is 18.3 Å². The lowest BCUT2D eigenvalue weighted by Crippen LogP contribution is -2.62. The summed E-state index contributed by atoms with van der Waals surface area (Å²) in [6.07, 6.45) is 4.96. The molecule has 1 aromatic rings. The van der Waals surface area contributed by atoms with Crippen LogP contribution in [0.5, 0.6) is 0 Å². The predicted molar refractivity (Wildman–Crippen MR) is 90.9 cm³/mol. The number of nitrogens with zero attached hydrogens (tertiary/aromatic N) is 4. The Hall–Kier alpha value is -1.47. The molecule has 0 aromatic carbocycles. The molecule has 0 radical (unpaired) electrons. The lowest BCUT2D eigenvalue weighted by atomic mass is 9.63. The summed E-state index contributed by atoms with van der Waals surface area (Å²) in [5, 5.41) is 11.7. The van der Waals surface area contributed by atoms with Gasteiger partial charge in [0.25, 0.3) is 5.91 Å². The van der Waals surface area contributed by atoms with E-state index in [9.17, 15) is 4.79 Å². The van der Waals surface area contributed by atoms with Crippen LogP contribution in [0.1, 0.15) is 56.6 Å². The fourth-order valence-electron chi connectivity index (χ4n) is 3.95. The van der Waals surface area contributed by atoms with E-state index in [-0.39, 0.29) is 23.5 Å². The standard InChI is InChI=1S/C17H29N5O2/c1-5-24-15-10-14(17(15,2)3)21(4)16(23)13-11-22(20-19-13)12-6-8-18-9-7-12/h11-12,14-15,18H,5-10H2,1-4H3/t14-,15+/m1/s1. The highest BCUT2D eigenvalue weighted by molar-refractivity contribution is 5.92. The van der Waals surface area contributed by atoms with Crippen LogP contribution in [-0.4, -0.2) is 64.7 Å². The van der Waals surface area contributed by atoms with E-state index in [1.54, 1.807) is 6.20 Å². The Kier molecular flexibility index (Phi) is 4.92. The lowest BCUT2D eigenvalue weighted by molar-refractivity contribution is -0.136. The molecule has 0 spiro atoms. The van der Waals surface area contributed by atoms with Crippen molar-refractivity contribution in [3.8, 4) is 0 Å². The minimum absolute atomic E-state index is 0.0363. The van der Waals surface area contributed by atoms with Gasteiger partial charge < -0.3 is 15.0 Å². The van der Waals surface area contributed by atoms with E-state index >= 15 is 0 Å². The van der Waals surface area contributed by atoms with Crippen molar-refractivity contribution >= 4 is 5.91 Å². The van der Waals surface area contributed by atoms with E-state index < -0.39 is 0 Å². The van der Waals surface area contributed by atoms with Gasteiger partial charge in [0.15, 0.2) is 5.69 Å². The number of amides is 1. The summed E-state index contributed by atoms with van der Waals surface area (Å²) in [5.74, 6) is -0.0526. The number of hydrogen-bond donors (Lipinski definition) is 1. The SMILES string of the molecule is CCO[C@H]1C[C@@H](N(C)C(=O)c2cn(C3CCNCC3)nn2)C1(C)C. The smallest absolute Gasteiger partial charge is 0.276 e. The molecular formula is C17H29N5O2. The Bertz CT molecular complexity index is 579. The number of nitrogens with one attached hydrogen (secondary N) is 1. The lowest BCUT2D eigenvalue weighted by Gasteiger charge is -2.54. The molecule has 24 heavy (non-hydrogen) atoms. The second kappa shape index (κ2) is 6.80.